The molecule has 2 unspecified atom stereocenters. The third kappa shape index (κ3) is 1.99. The Morgan fingerprint density at radius 1 is 1.29 bits per heavy atom. The molecule has 110 valence electrons. The number of hydrogen-bond donors (Lipinski definition) is 0. The number of aryl methyl sites for hydroxylation is 1. The van der Waals surface area contributed by atoms with Gasteiger partial charge in [0.2, 0.25) is 0 Å². The summed E-state index contributed by atoms with van der Waals surface area (Å²) in [6, 6.07) is 6.31. The van der Waals surface area contributed by atoms with Crippen molar-refractivity contribution in [1.29, 1.82) is 0 Å². The number of carbonyl (C=O) groups excluding carboxylic acids is 1. The molecule has 2 saturated heterocycles. The number of amides is 1. The first-order chi connectivity index (χ1) is 10.2. The summed E-state index contributed by atoms with van der Waals surface area (Å²) in [5.74, 6) is 1.03. The highest BCUT2D eigenvalue weighted by atomic mass is 16.3. The summed E-state index contributed by atoms with van der Waals surface area (Å²) in [7, 11) is 2.00. The minimum atomic E-state index is 0.0518. The molecule has 4 rings (SSSR count). The van der Waals surface area contributed by atoms with Crippen LogP contribution in [0.1, 0.15) is 47.8 Å². The standard InChI is InChI=1S/C16H19N3O2/c1-18-14(6-7-17-18)11-9-12-4-5-13(10-11)19(12)16(20)15-3-2-8-21-15/h2-3,6-8,11-13H,4-5,9-10H2,1H3. The molecule has 0 radical (unpaired) electrons. The van der Waals surface area contributed by atoms with Crippen LogP contribution in [0.25, 0.3) is 0 Å². The van der Waals surface area contributed by atoms with Gasteiger partial charge in [0.1, 0.15) is 0 Å². The van der Waals surface area contributed by atoms with Gasteiger partial charge in [0.05, 0.1) is 6.26 Å². The van der Waals surface area contributed by atoms with Gasteiger partial charge in [-0.3, -0.25) is 9.48 Å². The largest absolute Gasteiger partial charge is 0.459 e. The Balaban J connectivity index is 1.57. The zero-order chi connectivity index (χ0) is 14.4. The Morgan fingerprint density at radius 3 is 2.62 bits per heavy atom. The van der Waals surface area contributed by atoms with Crippen LogP contribution in [0.5, 0.6) is 0 Å². The third-order valence-electron chi connectivity index (χ3n) is 4.98. The second kappa shape index (κ2) is 4.76. The zero-order valence-corrected chi connectivity index (χ0v) is 12.1. The highest BCUT2D eigenvalue weighted by Crippen LogP contribution is 2.43. The second-order valence-electron chi connectivity index (χ2n) is 6.12. The van der Waals surface area contributed by atoms with Gasteiger partial charge in [-0.15, -0.1) is 0 Å². The summed E-state index contributed by atoms with van der Waals surface area (Å²) in [6.45, 7) is 0. The minimum Gasteiger partial charge on any atom is -0.459 e. The molecule has 0 spiro atoms. The van der Waals surface area contributed by atoms with Gasteiger partial charge < -0.3 is 9.32 Å². The molecule has 0 aliphatic carbocycles. The molecule has 21 heavy (non-hydrogen) atoms. The number of carbonyl (C=O) groups is 1. The van der Waals surface area contributed by atoms with Crippen molar-refractivity contribution in [1.82, 2.24) is 14.7 Å². The van der Waals surface area contributed by atoms with Crippen molar-refractivity contribution in [3.8, 4) is 0 Å². The van der Waals surface area contributed by atoms with Crippen molar-refractivity contribution < 1.29 is 9.21 Å². The first-order valence-corrected chi connectivity index (χ1v) is 7.58. The third-order valence-corrected chi connectivity index (χ3v) is 4.98. The molecule has 0 saturated carbocycles. The van der Waals surface area contributed by atoms with E-state index in [4.69, 9.17) is 4.42 Å². The molecular weight excluding hydrogens is 266 g/mol. The topological polar surface area (TPSA) is 51.3 Å². The molecule has 5 nitrogen and oxygen atoms in total. The Hall–Kier alpha value is -2.04. The second-order valence-corrected chi connectivity index (χ2v) is 6.12. The quantitative estimate of drug-likeness (QED) is 0.852. The van der Waals surface area contributed by atoms with Crippen LogP contribution in [0.4, 0.5) is 0 Å². The molecule has 0 aromatic carbocycles. The van der Waals surface area contributed by atoms with Crippen LogP contribution in [0.3, 0.4) is 0 Å². The van der Waals surface area contributed by atoms with Gasteiger partial charge in [-0.25, -0.2) is 0 Å². The van der Waals surface area contributed by atoms with Crippen molar-refractivity contribution in [3.63, 3.8) is 0 Å². The SMILES string of the molecule is Cn1nccc1C1CC2CCC(C1)N2C(=O)c1ccco1. The lowest BCUT2D eigenvalue weighted by Gasteiger charge is -2.38. The summed E-state index contributed by atoms with van der Waals surface area (Å²) >= 11 is 0. The summed E-state index contributed by atoms with van der Waals surface area (Å²) in [5, 5.41) is 4.28. The molecule has 0 N–H and O–H groups in total. The summed E-state index contributed by atoms with van der Waals surface area (Å²) in [4.78, 5) is 14.7. The number of rotatable bonds is 2. The van der Waals surface area contributed by atoms with Crippen LogP contribution >= 0.6 is 0 Å². The molecule has 2 atom stereocenters. The van der Waals surface area contributed by atoms with Gasteiger partial charge in [-0.1, -0.05) is 0 Å². The highest BCUT2D eigenvalue weighted by Gasteiger charge is 2.44. The van der Waals surface area contributed by atoms with Gasteiger partial charge in [0.15, 0.2) is 5.76 Å². The maximum absolute atomic E-state index is 12.6. The van der Waals surface area contributed by atoms with Gasteiger partial charge in [0.25, 0.3) is 5.91 Å². The van der Waals surface area contributed by atoms with E-state index in [1.807, 2.05) is 17.9 Å². The summed E-state index contributed by atoms with van der Waals surface area (Å²) < 4.78 is 7.25. The predicted octanol–water partition coefficient (Wildman–Crippen LogP) is 2.56. The van der Waals surface area contributed by atoms with Gasteiger partial charge in [-0.2, -0.15) is 5.10 Å². The first kappa shape index (κ1) is 12.7. The average Bonchev–Trinajstić information content (AvgIpc) is 3.19. The minimum absolute atomic E-state index is 0.0518. The molecule has 1 amide bonds. The van der Waals surface area contributed by atoms with Crippen LogP contribution in [0.2, 0.25) is 0 Å². The molecular formula is C16H19N3O2. The lowest BCUT2D eigenvalue weighted by atomic mass is 9.88. The van der Waals surface area contributed by atoms with Crippen LogP contribution in [-0.4, -0.2) is 32.7 Å². The van der Waals surface area contributed by atoms with Crippen molar-refractivity contribution in [2.75, 3.05) is 0 Å². The fourth-order valence-corrected chi connectivity index (χ4v) is 4.06. The van der Waals surface area contributed by atoms with E-state index < -0.39 is 0 Å². The molecule has 2 aliphatic rings. The van der Waals surface area contributed by atoms with Crippen LogP contribution < -0.4 is 0 Å². The molecule has 5 heteroatoms. The number of piperidine rings is 1. The van der Waals surface area contributed by atoms with E-state index in [0.717, 1.165) is 25.7 Å². The highest BCUT2D eigenvalue weighted by molar-refractivity contribution is 5.92. The van der Waals surface area contributed by atoms with Crippen molar-refractivity contribution in [2.45, 2.75) is 43.7 Å². The van der Waals surface area contributed by atoms with Crippen molar-refractivity contribution in [2.24, 2.45) is 7.05 Å². The Labute approximate surface area is 123 Å². The summed E-state index contributed by atoms with van der Waals surface area (Å²) in [5.41, 5.74) is 1.29. The molecule has 2 aliphatic heterocycles. The lowest BCUT2D eigenvalue weighted by Crippen LogP contribution is -2.46. The maximum atomic E-state index is 12.6. The van der Waals surface area contributed by atoms with Crippen LogP contribution in [0.15, 0.2) is 35.1 Å². The molecule has 4 heterocycles. The number of nitrogens with zero attached hydrogens (tertiary/aromatic N) is 3. The van der Waals surface area contributed by atoms with Crippen LogP contribution in [-0.2, 0) is 7.05 Å². The first-order valence-electron chi connectivity index (χ1n) is 7.58. The van der Waals surface area contributed by atoms with E-state index in [1.165, 1.54) is 5.69 Å². The van der Waals surface area contributed by atoms with E-state index in [2.05, 4.69) is 16.1 Å². The Kier molecular flexibility index (Phi) is 2.87. The monoisotopic (exact) mass is 285 g/mol. The van der Waals surface area contributed by atoms with E-state index in [-0.39, 0.29) is 5.91 Å². The van der Waals surface area contributed by atoms with E-state index in [0.29, 0.717) is 23.8 Å². The fraction of sp³-hybridized carbons (Fsp3) is 0.500. The average molecular weight is 285 g/mol. The van der Waals surface area contributed by atoms with E-state index >= 15 is 0 Å². The molecule has 2 aromatic heterocycles. The number of fused-ring (bicyclic) bond motifs is 2. The van der Waals surface area contributed by atoms with Gasteiger partial charge >= 0.3 is 0 Å². The van der Waals surface area contributed by atoms with Gasteiger partial charge in [-0.05, 0) is 43.9 Å². The number of furan rings is 1. The Bertz CT molecular complexity index is 632. The van der Waals surface area contributed by atoms with Crippen molar-refractivity contribution >= 4 is 5.91 Å². The lowest BCUT2D eigenvalue weighted by molar-refractivity contribution is 0.0536. The Morgan fingerprint density at radius 2 is 2.05 bits per heavy atom. The normalized spacial score (nSPS) is 28.0. The van der Waals surface area contributed by atoms with Gasteiger partial charge in [0, 0.05) is 36.9 Å². The zero-order valence-electron chi connectivity index (χ0n) is 12.1. The number of hydrogen-bond acceptors (Lipinski definition) is 3. The maximum Gasteiger partial charge on any atom is 0.290 e. The van der Waals surface area contributed by atoms with Crippen LogP contribution in [0, 0.1) is 0 Å². The molecule has 2 bridgehead atoms. The van der Waals surface area contributed by atoms with E-state index in [9.17, 15) is 4.79 Å². The summed E-state index contributed by atoms with van der Waals surface area (Å²) in [6.07, 6.45) is 7.69. The molecule has 2 fully saturated rings. The smallest absolute Gasteiger partial charge is 0.290 e. The fourth-order valence-electron chi connectivity index (χ4n) is 4.06. The number of aromatic nitrogens is 2. The van der Waals surface area contributed by atoms with Crippen molar-refractivity contribution in [3.05, 3.63) is 42.1 Å². The van der Waals surface area contributed by atoms with E-state index in [1.54, 1.807) is 18.4 Å². The predicted molar refractivity (Wildman–Crippen MR) is 76.9 cm³/mol. The molecule has 2 aromatic rings.